The van der Waals surface area contributed by atoms with Crippen molar-refractivity contribution in [3.05, 3.63) is 36.7 Å². The first kappa shape index (κ1) is 15.5. The van der Waals surface area contributed by atoms with E-state index >= 15 is 0 Å². The number of aromatic nitrogens is 4. The van der Waals surface area contributed by atoms with Gasteiger partial charge in [0.25, 0.3) is 0 Å². The minimum Gasteiger partial charge on any atom is -0.377 e. The van der Waals surface area contributed by atoms with E-state index in [0.29, 0.717) is 32.3 Å². The summed E-state index contributed by atoms with van der Waals surface area (Å²) in [6, 6.07) is 1.91. The third kappa shape index (κ3) is 3.25. The lowest BCUT2D eigenvalue weighted by Gasteiger charge is -2.31. The van der Waals surface area contributed by atoms with Gasteiger partial charge in [0.05, 0.1) is 44.8 Å². The predicted octanol–water partition coefficient (Wildman–Crippen LogP) is 1.27. The van der Waals surface area contributed by atoms with Crippen molar-refractivity contribution in [1.82, 2.24) is 19.7 Å². The fourth-order valence-corrected chi connectivity index (χ4v) is 3.41. The van der Waals surface area contributed by atoms with Crippen LogP contribution in [0.4, 0.5) is 10.3 Å². The van der Waals surface area contributed by atoms with Gasteiger partial charge < -0.3 is 14.4 Å². The van der Waals surface area contributed by atoms with Crippen LogP contribution in [0.3, 0.4) is 0 Å². The lowest BCUT2D eigenvalue weighted by molar-refractivity contribution is -0.0807. The molecule has 128 valence electrons. The Morgan fingerprint density at radius 3 is 3.00 bits per heavy atom. The summed E-state index contributed by atoms with van der Waals surface area (Å²) in [5.41, 5.74) is -0.369. The molecular weight excluding hydrogens is 313 g/mol. The second-order valence-electron chi connectivity index (χ2n) is 6.37. The van der Waals surface area contributed by atoms with Crippen LogP contribution in [0.2, 0.25) is 0 Å². The van der Waals surface area contributed by atoms with Gasteiger partial charge >= 0.3 is 0 Å². The molecule has 0 radical (unpaired) electrons. The highest BCUT2D eigenvalue weighted by molar-refractivity contribution is 5.30. The van der Waals surface area contributed by atoms with Gasteiger partial charge in [0.15, 0.2) is 5.82 Å². The Balaban J connectivity index is 1.47. The summed E-state index contributed by atoms with van der Waals surface area (Å²) >= 11 is 0. The summed E-state index contributed by atoms with van der Waals surface area (Å²) in [6.45, 7) is 3.19. The highest BCUT2D eigenvalue weighted by Crippen LogP contribution is 2.34. The molecule has 2 aliphatic rings. The molecular formula is C16H20FN5O2. The molecule has 0 aliphatic carbocycles. The standard InChI is InChI=1S/C16H20FN5O2/c17-13-8-18-15(19-9-13)21-6-7-23-12-16(11-21)3-2-14(24-16)10-22-5-1-4-20-22/h1,4-5,8-9,14H,2-3,6-7,10-12H2/t14-,16-/m1/s1. The van der Waals surface area contributed by atoms with E-state index in [4.69, 9.17) is 9.47 Å². The number of nitrogens with zero attached hydrogens (tertiary/aromatic N) is 5. The van der Waals surface area contributed by atoms with E-state index in [9.17, 15) is 4.39 Å². The van der Waals surface area contributed by atoms with Crippen LogP contribution in [-0.4, -0.2) is 57.8 Å². The van der Waals surface area contributed by atoms with Crippen LogP contribution in [0.15, 0.2) is 30.9 Å². The minimum atomic E-state index is -0.434. The van der Waals surface area contributed by atoms with Crippen molar-refractivity contribution in [1.29, 1.82) is 0 Å². The average Bonchev–Trinajstić information content (AvgIpc) is 3.17. The van der Waals surface area contributed by atoms with Gasteiger partial charge in [-0.25, -0.2) is 14.4 Å². The van der Waals surface area contributed by atoms with Gasteiger partial charge in [0.2, 0.25) is 5.95 Å². The molecule has 2 aromatic rings. The molecule has 4 rings (SSSR count). The summed E-state index contributed by atoms with van der Waals surface area (Å²) in [5, 5.41) is 4.24. The smallest absolute Gasteiger partial charge is 0.225 e. The molecule has 2 saturated heterocycles. The largest absolute Gasteiger partial charge is 0.377 e. The van der Waals surface area contributed by atoms with E-state index in [1.165, 1.54) is 12.4 Å². The van der Waals surface area contributed by atoms with Gasteiger partial charge in [-0.15, -0.1) is 0 Å². The van der Waals surface area contributed by atoms with E-state index in [1.807, 2.05) is 21.8 Å². The van der Waals surface area contributed by atoms with Crippen LogP contribution in [0.25, 0.3) is 0 Å². The molecule has 2 atom stereocenters. The van der Waals surface area contributed by atoms with Crippen LogP contribution in [0.5, 0.6) is 0 Å². The summed E-state index contributed by atoms with van der Waals surface area (Å²) < 4.78 is 27.1. The Labute approximate surface area is 139 Å². The molecule has 0 amide bonds. The van der Waals surface area contributed by atoms with Gasteiger partial charge in [0, 0.05) is 18.9 Å². The maximum atomic E-state index is 13.1. The SMILES string of the molecule is Fc1cnc(N2CCOC[C@@]3(CC[C@H](Cn4cccn4)O3)C2)nc1. The topological polar surface area (TPSA) is 65.3 Å². The monoisotopic (exact) mass is 333 g/mol. The number of anilines is 1. The molecule has 0 aromatic carbocycles. The van der Waals surface area contributed by atoms with E-state index in [0.717, 1.165) is 19.4 Å². The van der Waals surface area contributed by atoms with Gasteiger partial charge in [-0.1, -0.05) is 0 Å². The average molecular weight is 333 g/mol. The summed E-state index contributed by atoms with van der Waals surface area (Å²) in [6.07, 6.45) is 8.08. The lowest BCUT2D eigenvalue weighted by atomic mass is 10.0. The van der Waals surface area contributed by atoms with Gasteiger partial charge in [-0.3, -0.25) is 4.68 Å². The Bertz CT molecular complexity index is 666. The van der Waals surface area contributed by atoms with Crippen LogP contribution < -0.4 is 4.90 Å². The van der Waals surface area contributed by atoms with Crippen molar-refractivity contribution in [2.24, 2.45) is 0 Å². The second-order valence-corrected chi connectivity index (χ2v) is 6.37. The molecule has 2 aliphatic heterocycles. The number of rotatable bonds is 3. The molecule has 2 aromatic heterocycles. The summed E-state index contributed by atoms with van der Waals surface area (Å²) in [5.74, 6) is 0.0799. The Morgan fingerprint density at radius 2 is 2.21 bits per heavy atom. The van der Waals surface area contributed by atoms with Gasteiger partial charge in [-0.05, 0) is 18.9 Å². The number of hydrogen-bond acceptors (Lipinski definition) is 6. The molecule has 0 N–H and O–H groups in total. The predicted molar refractivity (Wildman–Crippen MR) is 84.1 cm³/mol. The Kier molecular flexibility index (Phi) is 4.15. The molecule has 1 spiro atoms. The molecule has 7 nitrogen and oxygen atoms in total. The van der Waals surface area contributed by atoms with E-state index in [1.54, 1.807) is 6.20 Å². The summed E-state index contributed by atoms with van der Waals surface area (Å²) in [4.78, 5) is 10.2. The third-order valence-electron chi connectivity index (χ3n) is 4.53. The molecule has 24 heavy (non-hydrogen) atoms. The normalized spacial score (nSPS) is 27.5. The maximum absolute atomic E-state index is 13.1. The molecule has 0 unspecified atom stereocenters. The first-order valence-electron chi connectivity index (χ1n) is 8.18. The first-order valence-corrected chi connectivity index (χ1v) is 8.18. The van der Waals surface area contributed by atoms with Crippen molar-refractivity contribution < 1.29 is 13.9 Å². The van der Waals surface area contributed by atoms with Gasteiger partial charge in [-0.2, -0.15) is 5.10 Å². The van der Waals surface area contributed by atoms with Crippen molar-refractivity contribution in [2.45, 2.75) is 31.1 Å². The van der Waals surface area contributed by atoms with Crippen LogP contribution >= 0.6 is 0 Å². The fourth-order valence-electron chi connectivity index (χ4n) is 3.41. The zero-order chi connectivity index (χ0) is 16.4. The molecule has 4 heterocycles. The minimum absolute atomic E-state index is 0.114. The van der Waals surface area contributed by atoms with E-state index < -0.39 is 5.82 Å². The zero-order valence-corrected chi connectivity index (χ0v) is 13.3. The van der Waals surface area contributed by atoms with E-state index in [2.05, 4.69) is 15.1 Å². The molecule has 8 heteroatoms. The van der Waals surface area contributed by atoms with Crippen molar-refractivity contribution in [2.75, 3.05) is 31.2 Å². The zero-order valence-electron chi connectivity index (χ0n) is 13.3. The molecule has 2 fully saturated rings. The second kappa shape index (κ2) is 6.45. The van der Waals surface area contributed by atoms with Crippen LogP contribution in [-0.2, 0) is 16.0 Å². The number of halogens is 1. The lowest BCUT2D eigenvalue weighted by Crippen LogP contribution is -2.45. The summed E-state index contributed by atoms with van der Waals surface area (Å²) in [7, 11) is 0. The quantitative estimate of drug-likeness (QED) is 0.843. The third-order valence-corrected chi connectivity index (χ3v) is 4.53. The molecule has 0 bridgehead atoms. The van der Waals surface area contributed by atoms with Crippen molar-refractivity contribution >= 4 is 5.95 Å². The first-order chi connectivity index (χ1) is 11.7. The van der Waals surface area contributed by atoms with Crippen molar-refractivity contribution in [3.8, 4) is 0 Å². The van der Waals surface area contributed by atoms with Gasteiger partial charge in [0.1, 0.15) is 5.60 Å². The highest BCUT2D eigenvalue weighted by atomic mass is 19.1. The van der Waals surface area contributed by atoms with E-state index in [-0.39, 0.29) is 11.7 Å². The molecule has 0 saturated carbocycles. The van der Waals surface area contributed by atoms with Crippen molar-refractivity contribution in [3.63, 3.8) is 0 Å². The Morgan fingerprint density at radius 1 is 1.33 bits per heavy atom. The van der Waals surface area contributed by atoms with Crippen LogP contribution in [0, 0.1) is 5.82 Å². The number of hydrogen-bond donors (Lipinski definition) is 0. The fraction of sp³-hybridized carbons (Fsp3) is 0.562. The highest BCUT2D eigenvalue weighted by Gasteiger charge is 2.43. The number of ether oxygens (including phenoxy) is 2. The van der Waals surface area contributed by atoms with Crippen LogP contribution in [0.1, 0.15) is 12.8 Å². The Hall–Kier alpha value is -2.06. The maximum Gasteiger partial charge on any atom is 0.225 e.